The molecule has 0 amide bonds. The predicted molar refractivity (Wildman–Crippen MR) is 73.8 cm³/mol. The van der Waals surface area contributed by atoms with Crippen LogP contribution in [0.3, 0.4) is 0 Å². The van der Waals surface area contributed by atoms with Crippen molar-refractivity contribution in [3.8, 4) is 0 Å². The van der Waals surface area contributed by atoms with Crippen molar-refractivity contribution in [2.75, 3.05) is 37.6 Å². The molecule has 17 heavy (non-hydrogen) atoms. The molecule has 1 aromatic heterocycles. The number of rotatable bonds is 3. The lowest BCUT2D eigenvalue weighted by Crippen LogP contribution is -2.53. The van der Waals surface area contributed by atoms with E-state index in [9.17, 15) is 0 Å². The van der Waals surface area contributed by atoms with Crippen molar-refractivity contribution in [2.24, 2.45) is 5.73 Å². The summed E-state index contributed by atoms with van der Waals surface area (Å²) in [4.78, 5) is 9.35. The van der Waals surface area contributed by atoms with Crippen LogP contribution in [0.25, 0.3) is 0 Å². The Balaban J connectivity index is 1.86. The minimum Gasteiger partial charge on any atom is -0.346 e. The van der Waals surface area contributed by atoms with Crippen LogP contribution in [0.5, 0.6) is 0 Å². The Morgan fingerprint density at radius 3 is 2.47 bits per heavy atom. The molecule has 2 N–H and O–H groups in total. The van der Waals surface area contributed by atoms with Gasteiger partial charge in [0.05, 0.1) is 5.69 Å². The molecule has 4 nitrogen and oxygen atoms in total. The Hall–Kier alpha value is -0.650. The fourth-order valence-electron chi connectivity index (χ4n) is 2.16. The zero-order chi connectivity index (χ0) is 12.5. The van der Waals surface area contributed by atoms with E-state index < -0.39 is 0 Å². The molecule has 0 bridgehead atoms. The topological polar surface area (TPSA) is 45.4 Å². The van der Waals surface area contributed by atoms with Crippen molar-refractivity contribution >= 4 is 16.5 Å². The van der Waals surface area contributed by atoms with Gasteiger partial charge < -0.3 is 10.6 Å². The Bertz CT molecular complexity index is 361. The molecule has 1 aromatic rings. The molecule has 2 rings (SSSR count). The predicted octanol–water partition coefficient (Wildman–Crippen LogP) is 1.31. The number of aromatic nitrogens is 1. The number of hydrogen-bond donors (Lipinski definition) is 1. The van der Waals surface area contributed by atoms with Gasteiger partial charge in [-0.3, -0.25) is 4.90 Å². The lowest BCUT2D eigenvalue weighted by Gasteiger charge is -2.37. The van der Waals surface area contributed by atoms with Gasteiger partial charge in [-0.1, -0.05) is 0 Å². The van der Waals surface area contributed by atoms with E-state index in [1.807, 2.05) is 6.92 Å². The molecule has 0 radical (unpaired) electrons. The minimum atomic E-state index is -0.0973. The summed E-state index contributed by atoms with van der Waals surface area (Å²) in [6.45, 7) is 11.5. The molecule has 0 aliphatic carbocycles. The standard InChI is InChI=1S/C12H22N4S/c1-10-8-17-11(14-10)16-6-4-15(5-7-16)9-12(2,3)13/h8H,4-7,9,13H2,1-3H3. The lowest BCUT2D eigenvalue weighted by atomic mass is 10.1. The van der Waals surface area contributed by atoms with E-state index in [2.05, 4.69) is 34.0 Å². The van der Waals surface area contributed by atoms with Crippen molar-refractivity contribution in [3.63, 3.8) is 0 Å². The van der Waals surface area contributed by atoms with Crippen LogP contribution in [-0.2, 0) is 0 Å². The zero-order valence-electron chi connectivity index (χ0n) is 10.9. The number of thiazole rings is 1. The van der Waals surface area contributed by atoms with Crippen molar-refractivity contribution in [2.45, 2.75) is 26.3 Å². The third-order valence-corrected chi connectivity index (χ3v) is 3.90. The molecule has 96 valence electrons. The Morgan fingerprint density at radius 2 is 2.00 bits per heavy atom. The van der Waals surface area contributed by atoms with Crippen molar-refractivity contribution in [3.05, 3.63) is 11.1 Å². The average Bonchev–Trinajstić information content (AvgIpc) is 2.63. The van der Waals surface area contributed by atoms with Crippen LogP contribution in [0.15, 0.2) is 5.38 Å². The number of anilines is 1. The number of hydrogen-bond acceptors (Lipinski definition) is 5. The lowest BCUT2D eigenvalue weighted by molar-refractivity contribution is 0.214. The van der Waals surface area contributed by atoms with E-state index in [0.29, 0.717) is 0 Å². The number of nitrogens with two attached hydrogens (primary N) is 1. The van der Waals surface area contributed by atoms with Crippen LogP contribution in [0.2, 0.25) is 0 Å². The highest BCUT2D eigenvalue weighted by molar-refractivity contribution is 7.13. The van der Waals surface area contributed by atoms with Gasteiger partial charge in [0.2, 0.25) is 0 Å². The van der Waals surface area contributed by atoms with Gasteiger partial charge in [-0.25, -0.2) is 4.98 Å². The molecule has 5 heteroatoms. The van der Waals surface area contributed by atoms with Gasteiger partial charge in [0, 0.05) is 43.6 Å². The summed E-state index contributed by atoms with van der Waals surface area (Å²) in [5, 5.41) is 3.28. The van der Waals surface area contributed by atoms with Gasteiger partial charge in [-0.15, -0.1) is 11.3 Å². The molecule has 0 saturated carbocycles. The van der Waals surface area contributed by atoms with Gasteiger partial charge in [0.25, 0.3) is 0 Å². The summed E-state index contributed by atoms with van der Waals surface area (Å²) in [5.41, 5.74) is 7.07. The van der Waals surface area contributed by atoms with Gasteiger partial charge >= 0.3 is 0 Å². The van der Waals surface area contributed by atoms with Crippen LogP contribution >= 0.6 is 11.3 Å². The SMILES string of the molecule is Cc1csc(N2CCN(CC(C)(C)N)CC2)n1. The molecular weight excluding hydrogens is 232 g/mol. The summed E-state index contributed by atoms with van der Waals surface area (Å²) >= 11 is 1.74. The molecule has 1 aliphatic heterocycles. The van der Waals surface area contributed by atoms with E-state index >= 15 is 0 Å². The average molecular weight is 254 g/mol. The van der Waals surface area contributed by atoms with E-state index in [4.69, 9.17) is 5.73 Å². The summed E-state index contributed by atoms with van der Waals surface area (Å²) in [7, 11) is 0. The summed E-state index contributed by atoms with van der Waals surface area (Å²) < 4.78 is 0. The normalized spacial score (nSPS) is 18.7. The van der Waals surface area contributed by atoms with Crippen LogP contribution < -0.4 is 10.6 Å². The van der Waals surface area contributed by atoms with E-state index in [0.717, 1.165) is 43.5 Å². The Labute approximate surface area is 107 Å². The molecule has 0 unspecified atom stereocenters. The second-order valence-corrected chi connectivity index (χ2v) is 6.36. The Morgan fingerprint density at radius 1 is 1.35 bits per heavy atom. The van der Waals surface area contributed by atoms with Crippen LogP contribution in [0.1, 0.15) is 19.5 Å². The summed E-state index contributed by atoms with van der Waals surface area (Å²) in [6.07, 6.45) is 0. The van der Waals surface area contributed by atoms with Crippen LogP contribution in [-0.4, -0.2) is 48.1 Å². The maximum Gasteiger partial charge on any atom is 0.185 e. The molecular formula is C12H22N4S. The third kappa shape index (κ3) is 3.66. The van der Waals surface area contributed by atoms with E-state index in [-0.39, 0.29) is 5.54 Å². The van der Waals surface area contributed by atoms with Gasteiger partial charge in [-0.2, -0.15) is 0 Å². The molecule has 2 heterocycles. The Kier molecular flexibility index (Phi) is 3.70. The molecule has 0 atom stereocenters. The second kappa shape index (κ2) is 4.92. The fraction of sp³-hybridized carbons (Fsp3) is 0.750. The number of piperazine rings is 1. The highest BCUT2D eigenvalue weighted by Gasteiger charge is 2.22. The fourth-order valence-corrected chi connectivity index (χ4v) is 3.02. The molecule has 1 fully saturated rings. The molecule has 0 aromatic carbocycles. The second-order valence-electron chi connectivity index (χ2n) is 5.52. The van der Waals surface area contributed by atoms with Gasteiger partial charge in [0.1, 0.15) is 0 Å². The quantitative estimate of drug-likeness (QED) is 0.883. The minimum absolute atomic E-state index is 0.0973. The first kappa shape index (κ1) is 12.8. The molecule has 0 spiro atoms. The zero-order valence-corrected chi connectivity index (χ0v) is 11.8. The first-order chi connectivity index (χ1) is 7.94. The molecule has 1 aliphatic rings. The van der Waals surface area contributed by atoms with Crippen molar-refractivity contribution in [1.29, 1.82) is 0 Å². The number of nitrogens with zero attached hydrogens (tertiary/aromatic N) is 3. The first-order valence-corrected chi connectivity index (χ1v) is 7.00. The van der Waals surface area contributed by atoms with E-state index in [1.54, 1.807) is 11.3 Å². The highest BCUT2D eigenvalue weighted by Crippen LogP contribution is 2.21. The monoisotopic (exact) mass is 254 g/mol. The maximum absolute atomic E-state index is 6.05. The largest absolute Gasteiger partial charge is 0.346 e. The summed E-state index contributed by atoms with van der Waals surface area (Å²) in [5.74, 6) is 0. The van der Waals surface area contributed by atoms with Crippen LogP contribution in [0.4, 0.5) is 5.13 Å². The van der Waals surface area contributed by atoms with Gasteiger partial charge in [-0.05, 0) is 20.8 Å². The van der Waals surface area contributed by atoms with Crippen molar-refractivity contribution in [1.82, 2.24) is 9.88 Å². The van der Waals surface area contributed by atoms with E-state index in [1.165, 1.54) is 0 Å². The maximum atomic E-state index is 6.05. The molecule has 1 saturated heterocycles. The third-order valence-electron chi connectivity index (χ3n) is 2.88. The van der Waals surface area contributed by atoms with Crippen molar-refractivity contribution < 1.29 is 0 Å². The highest BCUT2D eigenvalue weighted by atomic mass is 32.1. The smallest absolute Gasteiger partial charge is 0.185 e. The number of aryl methyl sites for hydroxylation is 1. The first-order valence-electron chi connectivity index (χ1n) is 6.12. The summed E-state index contributed by atoms with van der Waals surface area (Å²) in [6, 6.07) is 0. The van der Waals surface area contributed by atoms with Crippen LogP contribution in [0, 0.1) is 6.92 Å². The van der Waals surface area contributed by atoms with Gasteiger partial charge in [0.15, 0.2) is 5.13 Å².